The van der Waals surface area contributed by atoms with Gasteiger partial charge in [-0.25, -0.2) is 9.78 Å². The molecule has 0 amide bonds. The quantitative estimate of drug-likeness (QED) is 0.126. The summed E-state index contributed by atoms with van der Waals surface area (Å²) in [5.41, 5.74) is 3.66. The summed E-state index contributed by atoms with van der Waals surface area (Å²) in [4.78, 5) is 18.5. The van der Waals surface area contributed by atoms with Gasteiger partial charge in [0, 0.05) is 49.8 Å². The molecule has 0 aliphatic carbocycles. The Morgan fingerprint density at radius 2 is 1.22 bits per heavy atom. The topological polar surface area (TPSA) is 97.8 Å². The largest absolute Gasteiger partial charge is 0.464 e. The average Bonchev–Trinajstić information content (AvgIpc) is 3.01. The summed E-state index contributed by atoms with van der Waals surface area (Å²) in [5, 5.41) is 0. The summed E-state index contributed by atoms with van der Waals surface area (Å²) in [6.07, 6.45) is 0.694. The standard InChI is InChI=1S/C31H44N2O8/c1-5-28-24-27(25-30(32-28)31(34)37-4)7-6-26-8-10-29(11-9-26)33(12-14-38-20-22-40-18-16-35-2)13-15-39-21-23-41-19-17-36-3/h8-11,24-25H,5,12-23H2,1-4H3. The number of anilines is 1. The van der Waals surface area contributed by atoms with Crippen LogP contribution in [-0.4, -0.2) is 111 Å². The van der Waals surface area contributed by atoms with Crippen molar-refractivity contribution in [3.05, 3.63) is 58.9 Å². The molecule has 0 aliphatic rings. The highest BCUT2D eigenvalue weighted by molar-refractivity contribution is 5.87. The maximum Gasteiger partial charge on any atom is 0.356 e. The summed E-state index contributed by atoms with van der Waals surface area (Å²) in [5.74, 6) is 5.85. The molecule has 41 heavy (non-hydrogen) atoms. The molecular formula is C31H44N2O8. The molecule has 10 nitrogen and oxygen atoms in total. The lowest BCUT2D eigenvalue weighted by Crippen LogP contribution is -2.31. The number of ether oxygens (including phenoxy) is 7. The second-order valence-corrected chi connectivity index (χ2v) is 8.80. The number of benzene rings is 1. The molecule has 0 radical (unpaired) electrons. The number of hydrogen-bond acceptors (Lipinski definition) is 10. The molecule has 0 aliphatic heterocycles. The fourth-order valence-electron chi connectivity index (χ4n) is 3.60. The van der Waals surface area contributed by atoms with Crippen molar-refractivity contribution in [3.63, 3.8) is 0 Å². The fraction of sp³-hybridized carbons (Fsp3) is 0.548. The number of methoxy groups -OCH3 is 3. The Kier molecular flexibility index (Phi) is 18.1. The summed E-state index contributed by atoms with van der Waals surface area (Å²) in [7, 11) is 4.64. The van der Waals surface area contributed by atoms with Gasteiger partial charge in [0.25, 0.3) is 0 Å². The van der Waals surface area contributed by atoms with Crippen molar-refractivity contribution < 1.29 is 38.0 Å². The maximum absolute atomic E-state index is 12.0. The number of nitrogens with zero attached hydrogens (tertiary/aromatic N) is 2. The van der Waals surface area contributed by atoms with E-state index in [0.29, 0.717) is 85.6 Å². The lowest BCUT2D eigenvalue weighted by atomic mass is 10.1. The summed E-state index contributed by atoms with van der Waals surface area (Å²) in [6.45, 7) is 8.85. The van der Waals surface area contributed by atoms with Crippen LogP contribution in [0.4, 0.5) is 5.69 Å². The molecule has 0 N–H and O–H groups in total. The van der Waals surface area contributed by atoms with Crippen molar-refractivity contribution in [2.24, 2.45) is 0 Å². The second-order valence-electron chi connectivity index (χ2n) is 8.80. The van der Waals surface area contributed by atoms with Crippen LogP contribution in [0.2, 0.25) is 0 Å². The van der Waals surface area contributed by atoms with Gasteiger partial charge in [0.05, 0.1) is 73.2 Å². The third-order valence-corrected chi connectivity index (χ3v) is 5.84. The first-order valence-electron chi connectivity index (χ1n) is 13.9. The highest BCUT2D eigenvalue weighted by atomic mass is 16.5. The van der Waals surface area contributed by atoms with E-state index in [9.17, 15) is 4.79 Å². The van der Waals surface area contributed by atoms with E-state index in [2.05, 4.69) is 21.7 Å². The first-order chi connectivity index (χ1) is 20.1. The normalized spacial score (nSPS) is 10.7. The Bertz CT molecular complexity index is 1030. The van der Waals surface area contributed by atoms with Crippen LogP contribution in [0.15, 0.2) is 36.4 Å². The van der Waals surface area contributed by atoms with E-state index in [1.807, 2.05) is 37.3 Å². The first-order valence-corrected chi connectivity index (χ1v) is 13.9. The van der Waals surface area contributed by atoms with Crippen LogP contribution >= 0.6 is 0 Å². The van der Waals surface area contributed by atoms with Crippen LogP contribution in [-0.2, 0) is 39.6 Å². The molecule has 0 saturated heterocycles. The third-order valence-electron chi connectivity index (χ3n) is 5.84. The first kappa shape index (κ1) is 34.2. The van der Waals surface area contributed by atoms with Crippen LogP contribution in [0.3, 0.4) is 0 Å². The molecular weight excluding hydrogens is 528 g/mol. The number of carbonyl (C=O) groups is 1. The molecule has 2 rings (SSSR count). The number of aromatic nitrogens is 1. The van der Waals surface area contributed by atoms with Gasteiger partial charge < -0.3 is 38.1 Å². The highest BCUT2D eigenvalue weighted by Crippen LogP contribution is 2.15. The lowest BCUT2D eigenvalue weighted by molar-refractivity contribution is 0.0235. The minimum atomic E-state index is -0.474. The minimum absolute atomic E-state index is 0.259. The molecule has 2 aromatic rings. The number of rotatable bonds is 21. The molecule has 1 aromatic heterocycles. The second kappa shape index (κ2) is 21.7. The van der Waals surface area contributed by atoms with Crippen molar-refractivity contribution in [1.82, 2.24) is 4.98 Å². The van der Waals surface area contributed by atoms with E-state index >= 15 is 0 Å². The molecule has 0 spiro atoms. The van der Waals surface area contributed by atoms with Gasteiger partial charge in [0.2, 0.25) is 0 Å². The molecule has 10 heteroatoms. The van der Waals surface area contributed by atoms with Crippen LogP contribution < -0.4 is 4.90 Å². The van der Waals surface area contributed by atoms with E-state index in [-0.39, 0.29) is 5.69 Å². The van der Waals surface area contributed by atoms with Crippen LogP contribution in [0.25, 0.3) is 0 Å². The maximum atomic E-state index is 12.0. The lowest BCUT2D eigenvalue weighted by Gasteiger charge is -2.25. The number of hydrogen-bond donors (Lipinski definition) is 0. The van der Waals surface area contributed by atoms with E-state index in [1.54, 1.807) is 20.3 Å². The Labute approximate surface area is 244 Å². The van der Waals surface area contributed by atoms with Gasteiger partial charge in [-0.15, -0.1) is 0 Å². The summed E-state index contributed by atoms with van der Waals surface area (Å²) < 4.78 is 37.2. The zero-order valence-electron chi connectivity index (χ0n) is 24.8. The predicted octanol–water partition coefficient (Wildman–Crippen LogP) is 3.00. The summed E-state index contributed by atoms with van der Waals surface area (Å²) in [6, 6.07) is 11.6. The highest BCUT2D eigenvalue weighted by Gasteiger charge is 2.10. The van der Waals surface area contributed by atoms with Gasteiger partial charge in [-0.2, -0.15) is 0 Å². The molecule has 0 bridgehead atoms. The Morgan fingerprint density at radius 1 is 0.707 bits per heavy atom. The molecule has 226 valence electrons. The SMILES string of the molecule is CCc1cc(C#Cc2ccc(N(CCOCCOCCOC)CCOCCOCCOC)cc2)cc(C(=O)OC)n1. The van der Waals surface area contributed by atoms with E-state index in [4.69, 9.17) is 33.2 Å². The van der Waals surface area contributed by atoms with Crippen molar-refractivity contribution >= 4 is 11.7 Å². The van der Waals surface area contributed by atoms with Crippen molar-refractivity contribution in [2.75, 3.05) is 105 Å². The molecule has 0 fully saturated rings. The number of aryl methyl sites for hydroxylation is 1. The smallest absolute Gasteiger partial charge is 0.356 e. The number of esters is 1. The van der Waals surface area contributed by atoms with Crippen molar-refractivity contribution in [3.8, 4) is 11.8 Å². The van der Waals surface area contributed by atoms with Crippen LogP contribution in [0, 0.1) is 11.8 Å². The van der Waals surface area contributed by atoms with Crippen LogP contribution in [0.5, 0.6) is 0 Å². The van der Waals surface area contributed by atoms with Gasteiger partial charge in [-0.05, 0) is 42.8 Å². The number of carbonyl (C=O) groups excluding carboxylic acids is 1. The van der Waals surface area contributed by atoms with E-state index < -0.39 is 5.97 Å². The van der Waals surface area contributed by atoms with Gasteiger partial charge in [0.15, 0.2) is 0 Å². The minimum Gasteiger partial charge on any atom is -0.464 e. The Morgan fingerprint density at radius 3 is 1.73 bits per heavy atom. The van der Waals surface area contributed by atoms with E-state index in [0.717, 1.165) is 22.5 Å². The van der Waals surface area contributed by atoms with E-state index in [1.165, 1.54) is 7.11 Å². The van der Waals surface area contributed by atoms with Gasteiger partial charge in [-0.1, -0.05) is 18.8 Å². The predicted molar refractivity (Wildman–Crippen MR) is 157 cm³/mol. The molecule has 1 aromatic carbocycles. The fourth-order valence-corrected chi connectivity index (χ4v) is 3.60. The van der Waals surface area contributed by atoms with Gasteiger partial charge in [-0.3, -0.25) is 0 Å². The zero-order valence-corrected chi connectivity index (χ0v) is 24.8. The Hall–Kier alpha value is -3.04. The third kappa shape index (κ3) is 14.4. The monoisotopic (exact) mass is 572 g/mol. The number of pyridine rings is 1. The molecule has 1 heterocycles. The summed E-state index contributed by atoms with van der Waals surface area (Å²) >= 11 is 0. The van der Waals surface area contributed by atoms with Gasteiger partial charge >= 0.3 is 5.97 Å². The molecule has 0 atom stereocenters. The Balaban J connectivity index is 1.98. The van der Waals surface area contributed by atoms with Gasteiger partial charge in [0.1, 0.15) is 5.69 Å². The molecule has 0 saturated carbocycles. The van der Waals surface area contributed by atoms with Crippen molar-refractivity contribution in [1.29, 1.82) is 0 Å². The van der Waals surface area contributed by atoms with Crippen molar-refractivity contribution in [2.45, 2.75) is 13.3 Å². The van der Waals surface area contributed by atoms with Crippen LogP contribution in [0.1, 0.15) is 34.2 Å². The molecule has 0 unspecified atom stereocenters. The average molecular weight is 573 g/mol. The zero-order chi connectivity index (χ0) is 29.5.